The Bertz CT molecular complexity index is 815. The van der Waals surface area contributed by atoms with Crippen LogP contribution in [0.1, 0.15) is 53.6 Å². The van der Waals surface area contributed by atoms with E-state index in [-0.39, 0.29) is 36.9 Å². The molecule has 3 heterocycles. The number of aromatic nitrogens is 3. The molecule has 7 nitrogen and oxygen atoms in total. The number of halogens is 1. The summed E-state index contributed by atoms with van der Waals surface area (Å²) in [5.41, 5.74) is 0.676. The van der Waals surface area contributed by atoms with Crippen molar-refractivity contribution in [2.75, 3.05) is 19.6 Å². The van der Waals surface area contributed by atoms with Crippen LogP contribution in [0.3, 0.4) is 0 Å². The van der Waals surface area contributed by atoms with Crippen molar-refractivity contribution in [1.82, 2.24) is 25.0 Å². The third kappa shape index (κ3) is 4.42. The number of rotatable bonds is 5. The monoisotopic (exact) mass is 403 g/mol. The molecule has 0 bridgehead atoms. The van der Waals surface area contributed by atoms with Gasteiger partial charge in [-0.05, 0) is 12.8 Å². The average molecular weight is 404 g/mol. The molecule has 1 fully saturated rings. The molecular weight excluding hydrogens is 378 g/mol. The fourth-order valence-corrected chi connectivity index (χ4v) is 3.95. The molecule has 2 aliphatic rings. The van der Waals surface area contributed by atoms with Crippen LogP contribution in [0.2, 0.25) is 0 Å². The van der Waals surface area contributed by atoms with Gasteiger partial charge in [-0.25, -0.2) is 0 Å². The standard InChI is InChI=1S/C20H25N5O2.ClH/c26-17(15-4-2-1-3-5-15)6-7-19(27)24-11-8-16(9-12-24)20-23-22-18-14-21-10-13-25(18)20;/h1-5,16,21H,6-14H2;1H. The highest BCUT2D eigenvalue weighted by Crippen LogP contribution is 2.28. The molecule has 0 radical (unpaired) electrons. The van der Waals surface area contributed by atoms with E-state index in [0.29, 0.717) is 11.5 Å². The van der Waals surface area contributed by atoms with Crippen molar-refractivity contribution in [3.8, 4) is 0 Å². The lowest BCUT2D eigenvalue weighted by molar-refractivity contribution is -0.132. The van der Waals surface area contributed by atoms with Gasteiger partial charge in [-0.1, -0.05) is 30.3 Å². The van der Waals surface area contributed by atoms with Crippen molar-refractivity contribution < 1.29 is 9.59 Å². The SMILES string of the molecule is Cl.O=C(CCC(=O)N1CCC(c2nnc3n2CCNC3)CC1)c1ccccc1. The lowest BCUT2D eigenvalue weighted by atomic mass is 9.95. The van der Waals surface area contributed by atoms with Crippen molar-refractivity contribution in [2.24, 2.45) is 0 Å². The molecule has 0 saturated carbocycles. The number of nitrogens with zero attached hydrogens (tertiary/aromatic N) is 4. The number of piperidine rings is 1. The van der Waals surface area contributed by atoms with Gasteiger partial charge in [0.1, 0.15) is 11.6 Å². The molecule has 4 rings (SSSR count). The number of hydrogen-bond donors (Lipinski definition) is 1. The van der Waals surface area contributed by atoms with Crippen LogP contribution in [-0.4, -0.2) is 51.0 Å². The van der Waals surface area contributed by atoms with Gasteiger partial charge < -0.3 is 14.8 Å². The molecule has 1 aromatic carbocycles. The Balaban J connectivity index is 0.00000225. The quantitative estimate of drug-likeness (QED) is 0.774. The maximum absolute atomic E-state index is 12.5. The molecule has 0 atom stereocenters. The van der Waals surface area contributed by atoms with E-state index >= 15 is 0 Å². The number of benzene rings is 1. The molecule has 1 aromatic heterocycles. The predicted octanol–water partition coefficient (Wildman–Crippen LogP) is 2.17. The Labute approximate surface area is 170 Å². The van der Waals surface area contributed by atoms with Gasteiger partial charge in [0.2, 0.25) is 5.91 Å². The second kappa shape index (κ2) is 9.30. The summed E-state index contributed by atoms with van der Waals surface area (Å²) in [6.07, 6.45) is 2.37. The normalized spacial score (nSPS) is 16.9. The van der Waals surface area contributed by atoms with Crippen molar-refractivity contribution in [3.05, 3.63) is 47.5 Å². The molecule has 0 aliphatic carbocycles. The second-order valence-corrected chi connectivity index (χ2v) is 7.25. The zero-order valence-electron chi connectivity index (χ0n) is 15.8. The Kier molecular flexibility index (Phi) is 6.80. The van der Waals surface area contributed by atoms with Crippen molar-refractivity contribution in [3.63, 3.8) is 0 Å². The number of fused-ring (bicyclic) bond motifs is 1. The average Bonchev–Trinajstić information content (AvgIpc) is 3.16. The van der Waals surface area contributed by atoms with Crippen molar-refractivity contribution >= 4 is 24.1 Å². The maximum Gasteiger partial charge on any atom is 0.223 e. The number of Topliss-reactive ketones (excluding diaryl/α,β-unsaturated/α-hetero) is 1. The topological polar surface area (TPSA) is 80.1 Å². The zero-order valence-corrected chi connectivity index (χ0v) is 16.7. The molecule has 0 unspecified atom stereocenters. The highest BCUT2D eigenvalue weighted by molar-refractivity contribution is 5.97. The van der Waals surface area contributed by atoms with Gasteiger partial charge in [0, 0.05) is 50.5 Å². The Morgan fingerprint density at radius 2 is 1.79 bits per heavy atom. The fraction of sp³-hybridized carbons (Fsp3) is 0.500. The van der Waals surface area contributed by atoms with Crippen LogP contribution >= 0.6 is 12.4 Å². The van der Waals surface area contributed by atoms with E-state index < -0.39 is 0 Å². The van der Waals surface area contributed by atoms with Gasteiger partial charge in [0.25, 0.3) is 0 Å². The van der Waals surface area contributed by atoms with Crippen LogP contribution in [0.4, 0.5) is 0 Å². The van der Waals surface area contributed by atoms with Crippen molar-refractivity contribution in [2.45, 2.75) is 44.7 Å². The van der Waals surface area contributed by atoms with Crippen LogP contribution in [0, 0.1) is 0 Å². The van der Waals surface area contributed by atoms with E-state index in [2.05, 4.69) is 20.1 Å². The van der Waals surface area contributed by atoms with E-state index in [1.807, 2.05) is 23.1 Å². The summed E-state index contributed by atoms with van der Waals surface area (Å²) >= 11 is 0. The molecule has 0 spiro atoms. The number of nitrogens with one attached hydrogen (secondary N) is 1. The Hall–Kier alpha value is -2.25. The molecule has 150 valence electrons. The summed E-state index contributed by atoms with van der Waals surface area (Å²) in [4.78, 5) is 26.6. The highest BCUT2D eigenvalue weighted by Gasteiger charge is 2.28. The largest absolute Gasteiger partial charge is 0.343 e. The van der Waals surface area contributed by atoms with E-state index in [9.17, 15) is 9.59 Å². The summed E-state index contributed by atoms with van der Waals surface area (Å²) in [6.45, 7) is 4.09. The first kappa shape index (κ1) is 20.5. The second-order valence-electron chi connectivity index (χ2n) is 7.25. The third-order valence-electron chi connectivity index (χ3n) is 5.53. The summed E-state index contributed by atoms with van der Waals surface area (Å²) in [6, 6.07) is 9.17. The Morgan fingerprint density at radius 3 is 2.54 bits per heavy atom. The van der Waals surface area contributed by atoms with Gasteiger partial charge in [-0.2, -0.15) is 0 Å². The number of carbonyl (C=O) groups is 2. The lowest BCUT2D eigenvalue weighted by Gasteiger charge is -2.32. The molecule has 1 saturated heterocycles. The molecule has 1 N–H and O–H groups in total. The van der Waals surface area contributed by atoms with E-state index in [1.165, 1.54) is 0 Å². The fourth-order valence-electron chi connectivity index (χ4n) is 3.95. The predicted molar refractivity (Wildman–Crippen MR) is 108 cm³/mol. The number of likely N-dealkylation sites (tertiary alicyclic amines) is 1. The summed E-state index contributed by atoms with van der Waals surface area (Å²) in [5, 5.41) is 12.0. The number of amides is 1. The molecule has 8 heteroatoms. The molecule has 2 aromatic rings. The van der Waals surface area contributed by atoms with Gasteiger partial charge in [0.15, 0.2) is 5.78 Å². The number of carbonyl (C=O) groups excluding carboxylic acids is 2. The zero-order chi connectivity index (χ0) is 18.6. The molecular formula is C20H26ClN5O2. The highest BCUT2D eigenvalue weighted by atomic mass is 35.5. The number of hydrogen-bond acceptors (Lipinski definition) is 5. The minimum absolute atomic E-state index is 0. The van der Waals surface area contributed by atoms with Crippen LogP contribution in [0.5, 0.6) is 0 Å². The minimum Gasteiger partial charge on any atom is -0.343 e. The van der Waals surface area contributed by atoms with E-state index in [0.717, 1.165) is 57.2 Å². The van der Waals surface area contributed by atoms with Gasteiger partial charge in [-0.15, -0.1) is 22.6 Å². The first-order valence-electron chi connectivity index (χ1n) is 9.71. The van der Waals surface area contributed by atoms with E-state index in [4.69, 9.17) is 0 Å². The lowest BCUT2D eigenvalue weighted by Crippen LogP contribution is -2.39. The molecule has 1 amide bonds. The smallest absolute Gasteiger partial charge is 0.223 e. The van der Waals surface area contributed by atoms with Crippen molar-refractivity contribution in [1.29, 1.82) is 0 Å². The number of ketones is 1. The van der Waals surface area contributed by atoms with Gasteiger partial charge in [-0.3, -0.25) is 9.59 Å². The Morgan fingerprint density at radius 1 is 1.04 bits per heavy atom. The van der Waals surface area contributed by atoms with Gasteiger partial charge >= 0.3 is 0 Å². The summed E-state index contributed by atoms with van der Waals surface area (Å²) in [5.74, 6) is 2.54. The van der Waals surface area contributed by atoms with Crippen LogP contribution < -0.4 is 5.32 Å². The third-order valence-corrected chi connectivity index (χ3v) is 5.53. The van der Waals surface area contributed by atoms with Gasteiger partial charge in [0.05, 0.1) is 6.54 Å². The van der Waals surface area contributed by atoms with E-state index in [1.54, 1.807) is 12.1 Å². The first-order valence-corrected chi connectivity index (χ1v) is 9.71. The van der Waals surface area contributed by atoms with Crippen LogP contribution in [-0.2, 0) is 17.9 Å². The minimum atomic E-state index is 0. The van der Waals surface area contributed by atoms with Crippen LogP contribution in [0.15, 0.2) is 30.3 Å². The molecule has 2 aliphatic heterocycles. The summed E-state index contributed by atoms with van der Waals surface area (Å²) in [7, 11) is 0. The summed E-state index contributed by atoms with van der Waals surface area (Å²) < 4.78 is 2.23. The first-order chi connectivity index (χ1) is 13.2. The van der Waals surface area contributed by atoms with Crippen LogP contribution in [0.25, 0.3) is 0 Å². The molecule has 28 heavy (non-hydrogen) atoms. The maximum atomic E-state index is 12.5.